The molecule has 2 atom stereocenters. The van der Waals surface area contributed by atoms with Gasteiger partial charge in [0.2, 0.25) is 0 Å². The molecule has 1 rings (SSSR count). The molecule has 3 heteroatoms. The summed E-state index contributed by atoms with van der Waals surface area (Å²) < 4.78 is 0. The number of nitrogens with zero attached hydrogens (tertiary/aromatic N) is 2. The molecular weight excluding hydrogens is 246 g/mol. The van der Waals surface area contributed by atoms with Crippen molar-refractivity contribution < 1.29 is 0 Å². The van der Waals surface area contributed by atoms with Crippen LogP contribution in [-0.4, -0.2) is 62.2 Å². The standard InChI is InChI=1S/C17H37N3/c1-5-7-16(3)14-19(6-2)11-8-17(4)15-20-12-9-18-10-13-20/h16-18H,5-15H2,1-4H3. The van der Waals surface area contributed by atoms with Gasteiger partial charge in [-0.3, -0.25) is 0 Å². The van der Waals surface area contributed by atoms with Crippen molar-refractivity contribution in [2.45, 2.75) is 47.0 Å². The Labute approximate surface area is 127 Å². The molecule has 0 saturated carbocycles. The Hall–Kier alpha value is -0.120. The summed E-state index contributed by atoms with van der Waals surface area (Å²) in [4.78, 5) is 5.27. The third-order valence-corrected chi connectivity index (χ3v) is 4.52. The summed E-state index contributed by atoms with van der Waals surface area (Å²) in [5.74, 6) is 1.67. The van der Waals surface area contributed by atoms with Crippen molar-refractivity contribution in [3.63, 3.8) is 0 Å². The van der Waals surface area contributed by atoms with Crippen molar-refractivity contribution in [2.75, 3.05) is 52.4 Å². The average molecular weight is 284 g/mol. The van der Waals surface area contributed by atoms with Gasteiger partial charge in [0.25, 0.3) is 0 Å². The highest BCUT2D eigenvalue weighted by atomic mass is 15.2. The van der Waals surface area contributed by atoms with Gasteiger partial charge in [0.15, 0.2) is 0 Å². The van der Waals surface area contributed by atoms with E-state index in [4.69, 9.17) is 0 Å². The van der Waals surface area contributed by atoms with Crippen LogP contribution in [0.25, 0.3) is 0 Å². The summed E-state index contributed by atoms with van der Waals surface area (Å²) in [5, 5.41) is 3.43. The van der Waals surface area contributed by atoms with Gasteiger partial charge in [-0.15, -0.1) is 0 Å². The second-order valence-electron chi connectivity index (χ2n) is 6.73. The second kappa shape index (κ2) is 10.6. The van der Waals surface area contributed by atoms with Crippen LogP contribution in [0.3, 0.4) is 0 Å². The lowest BCUT2D eigenvalue weighted by atomic mass is 10.0. The molecule has 1 aliphatic rings. The normalized spacial score (nSPS) is 20.2. The second-order valence-corrected chi connectivity index (χ2v) is 6.73. The van der Waals surface area contributed by atoms with Crippen molar-refractivity contribution in [2.24, 2.45) is 11.8 Å². The number of piperazine rings is 1. The molecule has 1 N–H and O–H groups in total. The third-order valence-electron chi connectivity index (χ3n) is 4.52. The van der Waals surface area contributed by atoms with Gasteiger partial charge in [0.1, 0.15) is 0 Å². The maximum absolute atomic E-state index is 3.43. The van der Waals surface area contributed by atoms with E-state index >= 15 is 0 Å². The maximum Gasteiger partial charge on any atom is 0.0107 e. The molecule has 1 fully saturated rings. The van der Waals surface area contributed by atoms with Crippen LogP contribution in [0.1, 0.15) is 47.0 Å². The molecule has 1 heterocycles. The molecule has 0 radical (unpaired) electrons. The van der Waals surface area contributed by atoms with Crippen molar-refractivity contribution in [3.05, 3.63) is 0 Å². The predicted octanol–water partition coefficient (Wildman–Crippen LogP) is 2.68. The van der Waals surface area contributed by atoms with Crippen LogP contribution in [0, 0.1) is 11.8 Å². The Kier molecular flexibility index (Phi) is 9.49. The van der Waals surface area contributed by atoms with Gasteiger partial charge in [-0.1, -0.05) is 34.1 Å². The van der Waals surface area contributed by atoms with E-state index in [2.05, 4.69) is 42.8 Å². The van der Waals surface area contributed by atoms with Crippen LogP contribution in [0.5, 0.6) is 0 Å². The van der Waals surface area contributed by atoms with Crippen LogP contribution in [-0.2, 0) is 0 Å². The molecule has 0 spiro atoms. The fourth-order valence-corrected chi connectivity index (χ4v) is 3.23. The van der Waals surface area contributed by atoms with E-state index in [-0.39, 0.29) is 0 Å². The van der Waals surface area contributed by atoms with Crippen LogP contribution < -0.4 is 5.32 Å². The van der Waals surface area contributed by atoms with Crippen molar-refractivity contribution in [1.82, 2.24) is 15.1 Å². The zero-order valence-corrected chi connectivity index (χ0v) is 14.3. The molecule has 3 nitrogen and oxygen atoms in total. The van der Waals surface area contributed by atoms with Gasteiger partial charge < -0.3 is 15.1 Å². The summed E-state index contributed by atoms with van der Waals surface area (Å²) in [6, 6.07) is 0. The molecule has 1 saturated heterocycles. The van der Waals surface area contributed by atoms with E-state index in [1.54, 1.807) is 0 Å². The van der Waals surface area contributed by atoms with E-state index in [1.807, 2.05) is 0 Å². The monoisotopic (exact) mass is 283 g/mol. The molecule has 0 aromatic rings. The molecule has 2 unspecified atom stereocenters. The first-order valence-electron chi connectivity index (χ1n) is 8.81. The lowest BCUT2D eigenvalue weighted by Gasteiger charge is -2.31. The van der Waals surface area contributed by atoms with Gasteiger partial charge in [0, 0.05) is 39.3 Å². The zero-order chi connectivity index (χ0) is 14.8. The largest absolute Gasteiger partial charge is 0.314 e. The van der Waals surface area contributed by atoms with Crippen molar-refractivity contribution >= 4 is 0 Å². The minimum Gasteiger partial charge on any atom is -0.314 e. The molecule has 20 heavy (non-hydrogen) atoms. The number of nitrogens with one attached hydrogen (secondary N) is 1. The first-order valence-corrected chi connectivity index (χ1v) is 8.81. The van der Waals surface area contributed by atoms with E-state index in [1.165, 1.54) is 71.6 Å². The smallest absolute Gasteiger partial charge is 0.0107 e. The lowest BCUT2D eigenvalue weighted by molar-refractivity contribution is 0.184. The van der Waals surface area contributed by atoms with Gasteiger partial charge >= 0.3 is 0 Å². The molecule has 0 bridgehead atoms. The predicted molar refractivity (Wildman–Crippen MR) is 89.3 cm³/mol. The highest BCUT2D eigenvalue weighted by Gasteiger charge is 2.14. The number of rotatable bonds is 10. The molecular formula is C17H37N3. The van der Waals surface area contributed by atoms with Gasteiger partial charge in [-0.25, -0.2) is 0 Å². The molecule has 1 aliphatic heterocycles. The summed E-state index contributed by atoms with van der Waals surface area (Å²) in [6.07, 6.45) is 4.03. The van der Waals surface area contributed by atoms with E-state index < -0.39 is 0 Å². The summed E-state index contributed by atoms with van der Waals surface area (Å²) in [7, 11) is 0. The molecule has 0 aliphatic carbocycles. The fraction of sp³-hybridized carbons (Fsp3) is 1.00. The molecule has 0 aromatic carbocycles. The van der Waals surface area contributed by atoms with Crippen molar-refractivity contribution in [1.29, 1.82) is 0 Å². The highest BCUT2D eigenvalue weighted by Crippen LogP contribution is 2.11. The average Bonchev–Trinajstić information content (AvgIpc) is 2.44. The topological polar surface area (TPSA) is 18.5 Å². The van der Waals surface area contributed by atoms with Gasteiger partial charge in [0.05, 0.1) is 0 Å². The Morgan fingerprint density at radius 3 is 2.35 bits per heavy atom. The first-order chi connectivity index (χ1) is 9.65. The molecule has 0 amide bonds. The van der Waals surface area contributed by atoms with E-state index in [0.29, 0.717) is 0 Å². The summed E-state index contributed by atoms with van der Waals surface area (Å²) >= 11 is 0. The van der Waals surface area contributed by atoms with E-state index in [0.717, 1.165) is 11.8 Å². The minimum absolute atomic E-state index is 0.823. The third kappa shape index (κ3) is 7.61. The fourth-order valence-electron chi connectivity index (χ4n) is 3.23. The Balaban J connectivity index is 2.17. The van der Waals surface area contributed by atoms with Crippen LogP contribution in [0.4, 0.5) is 0 Å². The van der Waals surface area contributed by atoms with E-state index in [9.17, 15) is 0 Å². The number of hydrogen-bond donors (Lipinski definition) is 1. The molecule has 0 aromatic heterocycles. The zero-order valence-electron chi connectivity index (χ0n) is 14.3. The minimum atomic E-state index is 0.823. The molecule has 120 valence electrons. The quantitative estimate of drug-likeness (QED) is 0.665. The van der Waals surface area contributed by atoms with Crippen LogP contribution in [0.15, 0.2) is 0 Å². The lowest BCUT2D eigenvalue weighted by Crippen LogP contribution is -2.45. The Morgan fingerprint density at radius 1 is 1.05 bits per heavy atom. The highest BCUT2D eigenvalue weighted by molar-refractivity contribution is 4.71. The van der Waals surface area contributed by atoms with Gasteiger partial charge in [-0.2, -0.15) is 0 Å². The first kappa shape index (κ1) is 17.9. The number of hydrogen-bond acceptors (Lipinski definition) is 3. The Bertz CT molecular complexity index is 226. The Morgan fingerprint density at radius 2 is 1.75 bits per heavy atom. The summed E-state index contributed by atoms with van der Waals surface area (Å²) in [5.41, 5.74) is 0. The van der Waals surface area contributed by atoms with Crippen LogP contribution >= 0.6 is 0 Å². The van der Waals surface area contributed by atoms with Gasteiger partial charge in [-0.05, 0) is 37.8 Å². The SMILES string of the molecule is CCCC(C)CN(CC)CCC(C)CN1CCNCC1. The van der Waals surface area contributed by atoms with Crippen LogP contribution in [0.2, 0.25) is 0 Å². The maximum atomic E-state index is 3.43. The summed E-state index contributed by atoms with van der Waals surface area (Å²) in [6.45, 7) is 19.3. The van der Waals surface area contributed by atoms with Crippen molar-refractivity contribution in [3.8, 4) is 0 Å².